The molecule has 1 amide bonds. The molecule has 1 atom stereocenters. The van der Waals surface area contributed by atoms with Crippen molar-refractivity contribution in [3.8, 4) is 0 Å². The molecule has 0 bridgehead atoms. The molecule has 4 heteroatoms. The highest BCUT2D eigenvalue weighted by Crippen LogP contribution is 2.29. The second-order valence-corrected chi connectivity index (χ2v) is 5.21. The molecule has 0 aliphatic heterocycles. The van der Waals surface area contributed by atoms with Crippen LogP contribution in [-0.4, -0.2) is 23.4 Å². The van der Waals surface area contributed by atoms with Gasteiger partial charge in [-0.3, -0.25) is 9.69 Å². The monoisotopic (exact) mass is 247 g/mol. The summed E-state index contributed by atoms with van der Waals surface area (Å²) in [6, 6.07) is 8.52. The molecule has 4 N–H and O–H groups in total. The molecule has 1 aliphatic carbocycles. The van der Waals surface area contributed by atoms with Crippen molar-refractivity contribution in [3.05, 3.63) is 29.8 Å². The third-order valence-corrected chi connectivity index (χ3v) is 3.39. The largest absolute Gasteiger partial charge is 0.399 e. The average Bonchev–Trinajstić information content (AvgIpc) is 3.11. The van der Waals surface area contributed by atoms with Crippen molar-refractivity contribution in [2.24, 2.45) is 11.7 Å². The van der Waals surface area contributed by atoms with Gasteiger partial charge in [0, 0.05) is 30.7 Å². The Kier molecular flexibility index (Phi) is 3.87. The number of hydrogen-bond acceptors (Lipinski definition) is 3. The van der Waals surface area contributed by atoms with E-state index in [9.17, 15) is 4.79 Å². The first-order valence-corrected chi connectivity index (χ1v) is 6.44. The van der Waals surface area contributed by atoms with Gasteiger partial charge in [-0.15, -0.1) is 0 Å². The van der Waals surface area contributed by atoms with Crippen LogP contribution in [-0.2, 0) is 11.3 Å². The van der Waals surface area contributed by atoms with Crippen LogP contribution in [0.25, 0.3) is 0 Å². The maximum Gasteiger partial charge on any atom is 0.221 e. The lowest BCUT2D eigenvalue weighted by molar-refractivity contribution is -0.121. The van der Waals surface area contributed by atoms with Crippen molar-refractivity contribution in [3.63, 3.8) is 0 Å². The second-order valence-electron chi connectivity index (χ2n) is 5.21. The molecule has 0 saturated heterocycles. The van der Waals surface area contributed by atoms with Gasteiger partial charge in [-0.05, 0) is 30.5 Å². The van der Waals surface area contributed by atoms with Gasteiger partial charge < -0.3 is 11.5 Å². The lowest BCUT2D eigenvalue weighted by Gasteiger charge is -2.24. The van der Waals surface area contributed by atoms with E-state index in [1.165, 1.54) is 18.4 Å². The lowest BCUT2D eigenvalue weighted by Crippen LogP contribution is -2.35. The van der Waals surface area contributed by atoms with Crippen molar-refractivity contribution in [1.29, 1.82) is 0 Å². The van der Waals surface area contributed by atoms with Crippen molar-refractivity contribution in [2.75, 3.05) is 12.3 Å². The summed E-state index contributed by atoms with van der Waals surface area (Å²) in [5, 5.41) is 0. The molecule has 2 rings (SSSR count). The molecule has 4 nitrogen and oxygen atoms in total. The van der Waals surface area contributed by atoms with E-state index >= 15 is 0 Å². The van der Waals surface area contributed by atoms with Crippen molar-refractivity contribution < 1.29 is 4.79 Å². The third-order valence-electron chi connectivity index (χ3n) is 3.39. The van der Waals surface area contributed by atoms with E-state index in [1.54, 1.807) is 0 Å². The number of benzene rings is 1. The van der Waals surface area contributed by atoms with Crippen LogP contribution in [0.2, 0.25) is 0 Å². The van der Waals surface area contributed by atoms with E-state index in [0.29, 0.717) is 6.04 Å². The Morgan fingerprint density at radius 3 is 2.78 bits per heavy atom. The molecule has 1 aliphatic rings. The maximum absolute atomic E-state index is 11.2. The fourth-order valence-electron chi connectivity index (χ4n) is 2.15. The average molecular weight is 247 g/mol. The number of anilines is 1. The Hall–Kier alpha value is -1.55. The van der Waals surface area contributed by atoms with Gasteiger partial charge in [-0.2, -0.15) is 0 Å². The van der Waals surface area contributed by atoms with Gasteiger partial charge in [-0.1, -0.05) is 19.1 Å². The molecule has 0 aromatic heterocycles. The van der Waals surface area contributed by atoms with Crippen LogP contribution < -0.4 is 11.5 Å². The number of nitrogens with two attached hydrogens (primary N) is 2. The zero-order valence-electron chi connectivity index (χ0n) is 10.8. The highest BCUT2D eigenvalue weighted by Gasteiger charge is 2.30. The number of nitrogens with zero attached hydrogens (tertiary/aromatic N) is 1. The Morgan fingerprint density at radius 1 is 1.50 bits per heavy atom. The number of carbonyl (C=O) groups excluding carboxylic acids is 1. The quantitative estimate of drug-likeness (QED) is 0.745. The summed E-state index contributed by atoms with van der Waals surface area (Å²) >= 11 is 0. The van der Waals surface area contributed by atoms with E-state index in [0.717, 1.165) is 18.8 Å². The molecular formula is C14H21N3O. The van der Waals surface area contributed by atoms with E-state index in [4.69, 9.17) is 11.5 Å². The van der Waals surface area contributed by atoms with Gasteiger partial charge in [0.1, 0.15) is 0 Å². The standard InChI is InChI=1S/C14H21N3O/c1-10(14(16)18)8-17(13-5-6-13)9-11-3-2-4-12(15)7-11/h2-4,7,10,13H,5-6,8-9,15H2,1H3,(H2,16,18). The molecule has 1 unspecified atom stereocenters. The molecule has 1 aromatic carbocycles. The molecule has 0 spiro atoms. The summed E-state index contributed by atoms with van der Waals surface area (Å²) in [4.78, 5) is 13.5. The summed E-state index contributed by atoms with van der Waals surface area (Å²) in [5.41, 5.74) is 13.1. The van der Waals surface area contributed by atoms with Crippen LogP contribution in [0, 0.1) is 5.92 Å². The number of hydrogen-bond donors (Lipinski definition) is 2. The summed E-state index contributed by atoms with van der Waals surface area (Å²) in [5.74, 6) is -0.333. The summed E-state index contributed by atoms with van der Waals surface area (Å²) < 4.78 is 0. The summed E-state index contributed by atoms with van der Waals surface area (Å²) in [7, 11) is 0. The van der Waals surface area contributed by atoms with E-state index in [1.807, 2.05) is 25.1 Å². The van der Waals surface area contributed by atoms with E-state index in [-0.39, 0.29) is 11.8 Å². The van der Waals surface area contributed by atoms with Crippen LogP contribution >= 0.6 is 0 Å². The fourth-order valence-corrected chi connectivity index (χ4v) is 2.15. The van der Waals surface area contributed by atoms with Crippen LogP contribution in [0.5, 0.6) is 0 Å². The number of rotatable bonds is 6. The van der Waals surface area contributed by atoms with Crippen LogP contribution in [0.4, 0.5) is 5.69 Å². The van der Waals surface area contributed by atoms with Gasteiger partial charge in [0.2, 0.25) is 5.91 Å². The summed E-state index contributed by atoms with van der Waals surface area (Å²) in [6.07, 6.45) is 2.43. The number of primary amides is 1. The Balaban J connectivity index is 2.00. The first-order valence-electron chi connectivity index (χ1n) is 6.44. The van der Waals surface area contributed by atoms with Gasteiger partial charge in [0.15, 0.2) is 0 Å². The van der Waals surface area contributed by atoms with E-state index < -0.39 is 0 Å². The van der Waals surface area contributed by atoms with Crippen molar-refractivity contribution in [2.45, 2.75) is 32.4 Å². The van der Waals surface area contributed by atoms with Gasteiger partial charge >= 0.3 is 0 Å². The number of amides is 1. The van der Waals surface area contributed by atoms with Gasteiger partial charge in [-0.25, -0.2) is 0 Å². The van der Waals surface area contributed by atoms with Crippen LogP contribution in [0.3, 0.4) is 0 Å². The lowest BCUT2D eigenvalue weighted by atomic mass is 10.1. The first kappa shape index (κ1) is 12.9. The van der Waals surface area contributed by atoms with Crippen molar-refractivity contribution >= 4 is 11.6 Å². The van der Waals surface area contributed by atoms with E-state index in [2.05, 4.69) is 11.0 Å². The number of nitrogen functional groups attached to an aromatic ring is 1. The first-order chi connectivity index (χ1) is 8.56. The topological polar surface area (TPSA) is 72.3 Å². The highest BCUT2D eigenvalue weighted by molar-refractivity contribution is 5.76. The third kappa shape index (κ3) is 3.47. The number of carbonyl (C=O) groups is 1. The molecule has 1 aromatic rings. The molecule has 1 fully saturated rings. The second kappa shape index (κ2) is 5.40. The molecule has 0 heterocycles. The smallest absolute Gasteiger partial charge is 0.221 e. The Bertz CT molecular complexity index is 429. The normalized spacial score (nSPS) is 16.8. The minimum Gasteiger partial charge on any atom is -0.399 e. The zero-order valence-corrected chi connectivity index (χ0v) is 10.8. The van der Waals surface area contributed by atoms with Crippen LogP contribution in [0.1, 0.15) is 25.3 Å². The maximum atomic E-state index is 11.2. The Labute approximate surface area is 108 Å². The van der Waals surface area contributed by atoms with Crippen molar-refractivity contribution in [1.82, 2.24) is 4.90 Å². The zero-order chi connectivity index (χ0) is 13.1. The Morgan fingerprint density at radius 2 is 2.22 bits per heavy atom. The predicted octanol–water partition coefficient (Wildman–Crippen LogP) is 1.35. The fraction of sp³-hybridized carbons (Fsp3) is 0.500. The molecule has 98 valence electrons. The molecule has 18 heavy (non-hydrogen) atoms. The SMILES string of the molecule is CC(CN(Cc1cccc(N)c1)C1CC1)C(N)=O. The highest BCUT2D eigenvalue weighted by atomic mass is 16.1. The minimum absolute atomic E-state index is 0.105. The minimum atomic E-state index is -0.228. The summed E-state index contributed by atoms with van der Waals surface area (Å²) in [6.45, 7) is 3.46. The van der Waals surface area contributed by atoms with Gasteiger partial charge in [0.25, 0.3) is 0 Å². The van der Waals surface area contributed by atoms with Gasteiger partial charge in [0.05, 0.1) is 0 Å². The molecular weight excluding hydrogens is 226 g/mol. The predicted molar refractivity (Wildman–Crippen MR) is 72.6 cm³/mol. The van der Waals surface area contributed by atoms with Crippen LogP contribution in [0.15, 0.2) is 24.3 Å². The molecule has 0 radical (unpaired) electrons. The molecule has 1 saturated carbocycles.